The van der Waals surface area contributed by atoms with Gasteiger partial charge in [-0.2, -0.15) is 0 Å². The van der Waals surface area contributed by atoms with Gasteiger partial charge < -0.3 is 0 Å². The van der Waals surface area contributed by atoms with Crippen LogP contribution in [0.1, 0.15) is 343 Å². The standard InChI is InChI=1S/C18H36O2.2C18H35O.C3H7O.O.Zr/c1-2-3-4-5-6-7-8-9-10-11-12-13-14-15-16-17-18(19)20;2*1-2-3-4-5-6-7-8-9-10-11-12-13-14-15-16-17-18-19;1-3(2)4;;/h2-17H2,1H3,(H,19,20);2*2-17H2,1H3;3H,1-2H3;;/q;;;-1;;+2/p-1. The van der Waals surface area contributed by atoms with E-state index in [0.717, 1.165) is 57.8 Å². The summed E-state index contributed by atoms with van der Waals surface area (Å²) in [5.41, 5.74) is 0. The number of rotatable bonds is 53. The molecule has 0 amide bonds. The molecule has 0 aromatic rings. The first-order chi connectivity index (χ1) is 31.1. The van der Waals surface area contributed by atoms with Crippen LogP contribution in [0.2, 0.25) is 0 Å². The molecule has 0 saturated heterocycles. The molecule has 0 aliphatic heterocycles. The van der Waals surface area contributed by atoms with Crippen LogP contribution in [0, 0.1) is 0 Å². The Labute approximate surface area is 402 Å². The van der Waals surface area contributed by atoms with Gasteiger partial charge in [0, 0.05) is 0 Å². The molecule has 0 rings (SSSR count). The van der Waals surface area contributed by atoms with Gasteiger partial charge in [-0.05, 0) is 0 Å². The monoisotopic (exact) mass is 983 g/mol. The number of carbonyl (C=O) groups is 3. The summed E-state index contributed by atoms with van der Waals surface area (Å²) in [6.07, 6.45) is 53.8. The van der Waals surface area contributed by atoms with Crippen LogP contribution < -0.4 is 0 Å². The minimum atomic E-state index is -7.05. The predicted octanol–water partition coefficient (Wildman–Crippen LogP) is 19.7. The van der Waals surface area contributed by atoms with Gasteiger partial charge in [-0.1, -0.05) is 124 Å². The van der Waals surface area contributed by atoms with Gasteiger partial charge in [0.25, 0.3) is 0 Å². The third-order valence-electron chi connectivity index (χ3n) is 13.7. The van der Waals surface area contributed by atoms with Gasteiger partial charge in [-0.25, -0.2) is 0 Å². The summed E-state index contributed by atoms with van der Waals surface area (Å²) in [5, 5.41) is 0. The Morgan fingerprint density at radius 3 is 0.703 bits per heavy atom. The van der Waals surface area contributed by atoms with E-state index in [1.807, 2.05) is 0 Å². The first-order valence-corrected chi connectivity index (χ1v) is 34.5. The molecular formula is C57H112O6Zr. The van der Waals surface area contributed by atoms with E-state index in [-0.39, 0.29) is 19.3 Å². The molecule has 0 heterocycles. The van der Waals surface area contributed by atoms with Crippen LogP contribution in [0.3, 0.4) is 0 Å². The molecule has 0 fully saturated rings. The smallest absolute Gasteiger partial charge is 0.0654 e. The second kappa shape index (κ2) is 46.2. The van der Waals surface area contributed by atoms with Gasteiger partial charge in [0.2, 0.25) is 0 Å². The molecule has 0 atom stereocenters. The van der Waals surface area contributed by atoms with E-state index >= 15 is 2.81 Å². The number of hydrogen-bond donors (Lipinski definition) is 0. The summed E-state index contributed by atoms with van der Waals surface area (Å²) in [7, 11) is 0. The average molecular weight is 985 g/mol. The molecule has 0 unspecified atom stereocenters. The number of carbonyl (C=O) groups excluding carboxylic acids is 3. The summed E-state index contributed by atoms with van der Waals surface area (Å²) in [6, 6.07) is 0. The van der Waals surface area contributed by atoms with Crippen LogP contribution in [0.4, 0.5) is 0 Å². The first kappa shape index (κ1) is 63.5. The second-order valence-electron chi connectivity index (χ2n) is 20.6. The molecule has 0 aromatic carbocycles. The van der Waals surface area contributed by atoms with E-state index in [2.05, 4.69) is 20.8 Å². The molecule has 0 aliphatic rings. The van der Waals surface area contributed by atoms with Crippen molar-refractivity contribution in [2.45, 2.75) is 349 Å². The van der Waals surface area contributed by atoms with Crippen molar-refractivity contribution < 1.29 is 42.5 Å². The molecule has 6 nitrogen and oxygen atoms in total. The number of hydrogen-bond acceptors (Lipinski definition) is 6. The van der Waals surface area contributed by atoms with Gasteiger partial charge in [0.1, 0.15) is 0 Å². The Morgan fingerprint density at radius 2 is 0.500 bits per heavy atom. The maximum absolute atomic E-state index is 15.3. The summed E-state index contributed by atoms with van der Waals surface area (Å²) in [6.45, 7) is 10.2. The Bertz CT molecular complexity index is 1070. The van der Waals surface area contributed by atoms with E-state index in [1.165, 1.54) is 212 Å². The Morgan fingerprint density at radius 1 is 0.312 bits per heavy atom. The van der Waals surface area contributed by atoms with Crippen LogP contribution in [0.25, 0.3) is 0 Å². The fourth-order valence-corrected chi connectivity index (χ4v) is 17.9. The van der Waals surface area contributed by atoms with Crippen LogP contribution in [-0.4, -0.2) is 19.1 Å². The summed E-state index contributed by atoms with van der Waals surface area (Å²) in [4.78, 5) is 41.8. The molecule has 0 aromatic heterocycles. The summed E-state index contributed by atoms with van der Waals surface area (Å²) >= 11 is -7.05. The molecule has 7 heteroatoms. The number of unbranched alkanes of at least 4 members (excludes halogenated alkanes) is 42. The third-order valence-corrected chi connectivity index (χ3v) is 23.3. The van der Waals surface area contributed by atoms with Gasteiger partial charge in [-0.15, -0.1) is 0 Å². The molecule has 0 radical (unpaired) electrons. The molecule has 0 N–H and O–H groups in total. The van der Waals surface area contributed by atoms with Crippen LogP contribution in [0.15, 0.2) is 0 Å². The van der Waals surface area contributed by atoms with Gasteiger partial charge in [-0.3, -0.25) is 0 Å². The molecular weight excluding hydrogens is 872 g/mol. The summed E-state index contributed by atoms with van der Waals surface area (Å²) in [5.74, 6) is -0.703. The Kier molecular flexibility index (Phi) is 45.8. The Balaban J connectivity index is 4.96. The van der Waals surface area contributed by atoms with Gasteiger partial charge in [0.15, 0.2) is 0 Å². The van der Waals surface area contributed by atoms with E-state index in [1.54, 1.807) is 13.8 Å². The summed E-state index contributed by atoms with van der Waals surface area (Å²) < 4.78 is 25.7. The molecule has 64 heavy (non-hydrogen) atoms. The van der Waals surface area contributed by atoms with Crippen molar-refractivity contribution in [3.05, 3.63) is 0 Å². The third kappa shape index (κ3) is 36.5. The molecule has 0 bridgehead atoms. The van der Waals surface area contributed by atoms with Crippen molar-refractivity contribution in [2.24, 2.45) is 0 Å². The first-order valence-electron chi connectivity index (χ1n) is 29.0. The minimum absolute atomic E-state index is 0.0312. The zero-order chi connectivity index (χ0) is 47.1. The topological polar surface area (TPSA) is 86.7 Å². The molecule has 0 aliphatic carbocycles. The van der Waals surface area contributed by atoms with E-state index in [4.69, 9.17) is 5.63 Å². The average Bonchev–Trinajstić information content (AvgIpc) is 3.27. The van der Waals surface area contributed by atoms with E-state index in [9.17, 15) is 14.4 Å². The zero-order valence-corrected chi connectivity index (χ0v) is 46.4. The van der Waals surface area contributed by atoms with Crippen molar-refractivity contribution in [1.82, 2.24) is 0 Å². The van der Waals surface area contributed by atoms with Gasteiger partial charge in [0.05, 0.1) is 0 Å². The predicted molar refractivity (Wildman–Crippen MR) is 272 cm³/mol. The van der Waals surface area contributed by atoms with Crippen molar-refractivity contribution in [3.8, 4) is 0 Å². The van der Waals surface area contributed by atoms with Gasteiger partial charge >= 0.3 is 281 Å². The maximum atomic E-state index is 15.3. The Hall–Kier alpha value is -0.547. The van der Waals surface area contributed by atoms with Crippen molar-refractivity contribution in [3.63, 3.8) is 0 Å². The van der Waals surface area contributed by atoms with E-state index < -0.39 is 38.7 Å². The fourth-order valence-electron chi connectivity index (χ4n) is 9.50. The molecule has 0 spiro atoms. The van der Waals surface area contributed by atoms with Crippen molar-refractivity contribution in [2.75, 3.05) is 0 Å². The fraction of sp³-hybridized carbons (Fsp3) is 0.947. The van der Waals surface area contributed by atoms with Crippen LogP contribution >= 0.6 is 0 Å². The molecule has 0 saturated carbocycles. The quantitative estimate of drug-likeness (QED) is 0.0564. The second-order valence-corrected chi connectivity index (χ2v) is 29.3. The zero-order valence-electron chi connectivity index (χ0n) is 44.0. The van der Waals surface area contributed by atoms with Crippen molar-refractivity contribution >= 4 is 13.0 Å². The van der Waals surface area contributed by atoms with Crippen LogP contribution in [0.5, 0.6) is 0 Å². The molecule has 380 valence electrons. The van der Waals surface area contributed by atoms with Crippen LogP contribution in [-0.2, 0) is 42.5 Å². The minimum Gasteiger partial charge on any atom is -0.0654 e. The van der Waals surface area contributed by atoms with E-state index in [0.29, 0.717) is 19.3 Å². The van der Waals surface area contributed by atoms with Crippen molar-refractivity contribution in [1.29, 1.82) is 0 Å². The normalized spacial score (nSPS) is 12.1. The SMILES string of the molecule is CCCCCCCCCCCCCCCCCC(=O)[O][Zr](=[O])([O]C(C)C)([C](=O)CCCCCCCCCCCCCCCCC)[C](=O)CCCCCCCCCCCCCCCCC.